The van der Waals surface area contributed by atoms with Crippen molar-refractivity contribution in [3.8, 4) is 0 Å². The molecule has 1 aliphatic heterocycles. The van der Waals surface area contributed by atoms with Crippen LogP contribution in [0.1, 0.15) is 23.6 Å². The van der Waals surface area contributed by atoms with Crippen molar-refractivity contribution >= 4 is 17.6 Å². The summed E-state index contributed by atoms with van der Waals surface area (Å²) in [5.41, 5.74) is 0.992. The number of aliphatic hydroxyl groups excluding tert-OH is 1. The Kier molecular flexibility index (Phi) is 5.84. The Hall–Kier alpha value is -3.06. The molecule has 1 saturated heterocycles. The minimum absolute atomic E-state index is 0.0142. The van der Waals surface area contributed by atoms with Crippen LogP contribution in [0.2, 0.25) is 0 Å². The van der Waals surface area contributed by atoms with Gasteiger partial charge >= 0.3 is 6.09 Å². The molecule has 3 rings (SSSR count). The SMILES string of the molecule is C=C(C[C@@H](CO)C(=O)N1C(=O)OC[C@H]1c1ccccc1)c1ccc(F)cc1F. The van der Waals surface area contributed by atoms with Gasteiger partial charge in [-0.15, -0.1) is 0 Å². The van der Waals surface area contributed by atoms with Crippen molar-refractivity contribution < 1.29 is 28.2 Å². The predicted molar refractivity (Wildman–Crippen MR) is 98.0 cm³/mol. The van der Waals surface area contributed by atoms with Gasteiger partial charge in [-0.1, -0.05) is 36.9 Å². The highest BCUT2D eigenvalue weighted by Gasteiger charge is 2.41. The molecule has 0 bridgehead atoms. The standard InChI is InChI=1S/C21H19F2NO4/c1-13(17-8-7-16(22)10-18(17)23)9-15(11-25)20(26)24-19(12-28-21(24)27)14-5-3-2-4-6-14/h2-8,10,15,19,25H,1,9,11-12H2/t15-,19-/m0/s1. The van der Waals surface area contributed by atoms with Crippen molar-refractivity contribution in [3.05, 3.63) is 77.9 Å². The first kappa shape index (κ1) is 19.7. The van der Waals surface area contributed by atoms with Gasteiger partial charge in [0.2, 0.25) is 5.91 Å². The fourth-order valence-corrected chi connectivity index (χ4v) is 3.20. The molecule has 0 unspecified atom stereocenters. The quantitative estimate of drug-likeness (QED) is 0.821. The van der Waals surface area contributed by atoms with Gasteiger partial charge in [0.1, 0.15) is 24.3 Å². The van der Waals surface area contributed by atoms with Crippen LogP contribution in [0.15, 0.2) is 55.1 Å². The zero-order chi connectivity index (χ0) is 20.3. The van der Waals surface area contributed by atoms with Crippen LogP contribution < -0.4 is 0 Å². The molecule has 1 heterocycles. The summed E-state index contributed by atoms with van der Waals surface area (Å²) in [5, 5.41) is 9.71. The molecule has 2 atom stereocenters. The molecule has 1 fully saturated rings. The third-order valence-corrected chi connectivity index (χ3v) is 4.67. The molecule has 0 saturated carbocycles. The van der Waals surface area contributed by atoms with E-state index in [9.17, 15) is 23.5 Å². The van der Waals surface area contributed by atoms with Gasteiger partial charge < -0.3 is 9.84 Å². The van der Waals surface area contributed by atoms with E-state index in [0.717, 1.165) is 22.6 Å². The van der Waals surface area contributed by atoms with Crippen LogP contribution in [0.4, 0.5) is 13.6 Å². The Morgan fingerprint density at radius 1 is 1.25 bits per heavy atom. The molecule has 7 heteroatoms. The highest BCUT2D eigenvalue weighted by Crippen LogP contribution is 2.32. The fourth-order valence-electron chi connectivity index (χ4n) is 3.20. The van der Waals surface area contributed by atoms with E-state index < -0.39 is 42.2 Å². The van der Waals surface area contributed by atoms with E-state index in [0.29, 0.717) is 0 Å². The monoisotopic (exact) mass is 387 g/mol. The number of hydrogen-bond acceptors (Lipinski definition) is 4. The third kappa shape index (κ3) is 3.94. The molecule has 28 heavy (non-hydrogen) atoms. The van der Waals surface area contributed by atoms with Crippen molar-refractivity contribution in [3.63, 3.8) is 0 Å². The molecule has 0 aliphatic carbocycles. The lowest BCUT2D eigenvalue weighted by molar-refractivity contribution is -0.134. The number of benzene rings is 2. The number of rotatable bonds is 6. The average molecular weight is 387 g/mol. The van der Waals surface area contributed by atoms with Gasteiger partial charge in [-0.3, -0.25) is 4.79 Å². The normalized spacial score (nSPS) is 17.3. The molecule has 0 spiro atoms. The number of ether oxygens (including phenoxy) is 1. The van der Waals surface area contributed by atoms with Crippen LogP contribution in [0.25, 0.3) is 5.57 Å². The van der Waals surface area contributed by atoms with Crippen molar-refractivity contribution in [2.24, 2.45) is 5.92 Å². The molecule has 2 aromatic carbocycles. The second-order valence-electron chi connectivity index (χ2n) is 6.52. The largest absolute Gasteiger partial charge is 0.446 e. The summed E-state index contributed by atoms with van der Waals surface area (Å²) in [6.45, 7) is 3.20. The Balaban J connectivity index is 1.80. The van der Waals surface area contributed by atoms with Crippen LogP contribution in [0.3, 0.4) is 0 Å². The summed E-state index contributed by atoms with van der Waals surface area (Å²) in [7, 11) is 0. The summed E-state index contributed by atoms with van der Waals surface area (Å²) >= 11 is 0. The number of imide groups is 1. The fraction of sp³-hybridized carbons (Fsp3) is 0.238. The zero-order valence-electron chi connectivity index (χ0n) is 15.0. The van der Waals surface area contributed by atoms with Crippen LogP contribution in [-0.4, -0.2) is 35.2 Å². The molecule has 0 radical (unpaired) electrons. The van der Waals surface area contributed by atoms with Crippen LogP contribution in [0, 0.1) is 17.6 Å². The second kappa shape index (κ2) is 8.31. The number of nitrogens with zero attached hydrogens (tertiary/aromatic N) is 1. The first-order chi connectivity index (χ1) is 13.4. The van der Waals surface area contributed by atoms with E-state index in [-0.39, 0.29) is 24.2 Å². The van der Waals surface area contributed by atoms with E-state index in [4.69, 9.17) is 4.74 Å². The van der Waals surface area contributed by atoms with Gasteiger partial charge in [0.25, 0.3) is 0 Å². The maximum absolute atomic E-state index is 14.0. The molecular formula is C21H19F2NO4. The summed E-state index contributed by atoms with van der Waals surface area (Å²) in [4.78, 5) is 26.1. The Morgan fingerprint density at radius 2 is 1.96 bits per heavy atom. The minimum atomic E-state index is -1.02. The Labute approximate surface area is 160 Å². The third-order valence-electron chi connectivity index (χ3n) is 4.67. The van der Waals surface area contributed by atoms with Gasteiger partial charge in [0.15, 0.2) is 0 Å². The number of carbonyl (C=O) groups is 2. The number of aliphatic hydroxyl groups is 1. The molecule has 2 amide bonds. The minimum Gasteiger partial charge on any atom is -0.446 e. The lowest BCUT2D eigenvalue weighted by Gasteiger charge is -2.24. The maximum atomic E-state index is 14.0. The molecule has 5 nitrogen and oxygen atoms in total. The average Bonchev–Trinajstić information content (AvgIpc) is 3.07. The summed E-state index contributed by atoms with van der Waals surface area (Å²) in [6.07, 6.45) is -0.890. The summed E-state index contributed by atoms with van der Waals surface area (Å²) in [5.74, 6) is -3.19. The number of allylic oxidation sites excluding steroid dienone is 1. The molecule has 146 valence electrons. The summed E-state index contributed by atoms with van der Waals surface area (Å²) < 4.78 is 32.1. The topological polar surface area (TPSA) is 66.8 Å². The highest BCUT2D eigenvalue weighted by atomic mass is 19.1. The van der Waals surface area contributed by atoms with Crippen molar-refractivity contribution in [1.29, 1.82) is 0 Å². The Bertz CT molecular complexity index is 901. The van der Waals surface area contributed by atoms with E-state index in [1.807, 2.05) is 6.07 Å². The van der Waals surface area contributed by atoms with Crippen LogP contribution >= 0.6 is 0 Å². The second-order valence-corrected chi connectivity index (χ2v) is 6.52. The van der Waals surface area contributed by atoms with E-state index in [1.54, 1.807) is 24.3 Å². The predicted octanol–water partition coefficient (Wildman–Crippen LogP) is 3.70. The lowest BCUT2D eigenvalue weighted by atomic mass is 9.93. The maximum Gasteiger partial charge on any atom is 0.417 e. The number of carbonyl (C=O) groups excluding carboxylic acids is 2. The number of hydrogen-bond donors (Lipinski definition) is 1. The molecule has 2 aromatic rings. The van der Waals surface area contributed by atoms with E-state index >= 15 is 0 Å². The van der Waals surface area contributed by atoms with Gasteiger partial charge in [-0.25, -0.2) is 18.5 Å². The Morgan fingerprint density at radius 3 is 2.61 bits per heavy atom. The number of halogens is 2. The van der Waals surface area contributed by atoms with E-state index in [1.165, 1.54) is 6.07 Å². The van der Waals surface area contributed by atoms with Crippen molar-refractivity contribution in [1.82, 2.24) is 4.90 Å². The van der Waals surface area contributed by atoms with Gasteiger partial charge in [0.05, 0.1) is 12.5 Å². The van der Waals surface area contributed by atoms with Crippen LogP contribution in [-0.2, 0) is 9.53 Å². The zero-order valence-corrected chi connectivity index (χ0v) is 15.0. The molecule has 1 N–H and O–H groups in total. The molecular weight excluding hydrogens is 368 g/mol. The van der Waals surface area contributed by atoms with Gasteiger partial charge in [-0.05, 0) is 29.7 Å². The number of amides is 2. The van der Waals surface area contributed by atoms with Gasteiger partial charge in [0, 0.05) is 11.6 Å². The number of cyclic esters (lactones) is 1. The molecule has 0 aromatic heterocycles. The van der Waals surface area contributed by atoms with Gasteiger partial charge in [-0.2, -0.15) is 0 Å². The van der Waals surface area contributed by atoms with Crippen LogP contribution in [0.5, 0.6) is 0 Å². The smallest absolute Gasteiger partial charge is 0.417 e. The van der Waals surface area contributed by atoms with E-state index in [2.05, 4.69) is 6.58 Å². The molecule has 1 aliphatic rings. The first-order valence-corrected chi connectivity index (χ1v) is 8.71. The highest BCUT2D eigenvalue weighted by molar-refractivity contribution is 5.95. The first-order valence-electron chi connectivity index (χ1n) is 8.71. The lowest BCUT2D eigenvalue weighted by Crippen LogP contribution is -2.40. The van der Waals surface area contributed by atoms with Crippen molar-refractivity contribution in [2.75, 3.05) is 13.2 Å². The van der Waals surface area contributed by atoms with Crippen molar-refractivity contribution in [2.45, 2.75) is 12.5 Å². The summed E-state index contributed by atoms with van der Waals surface area (Å²) in [6, 6.07) is 11.3.